The van der Waals surface area contributed by atoms with Gasteiger partial charge in [0.05, 0.1) is 6.54 Å². The Morgan fingerprint density at radius 1 is 1.07 bits per heavy atom. The Labute approximate surface area is 179 Å². The van der Waals surface area contributed by atoms with Gasteiger partial charge in [0.15, 0.2) is 17.5 Å². The highest BCUT2D eigenvalue weighted by atomic mass is 32.1. The van der Waals surface area contributed by atoms with Crippen LogP contribution >= 0.6 is 12.2 Å². The maximum Gasteiger partial charge on any atom is 0.180 e. The van der Waals surface area contributed by atoms with E-state index in [0.717, 1.165) is 40.3 Å². The van der Waals surface area contributed by atoms with Gasteiger partial charge in [0.1, 0.15) is 0 Å². The van der Waals surface area contributed by atoms with E-state index in [1.54, 1.807) is 5.37 Å². The Morgan fingerprint density at radius 3 is 2.57 bits per heavy atom. The highest BCUT2D eigenvalue weighted by molar-refractivity contribution is 7.78. The van der Waals surface area contributed by atoms with Gasteiger partial charge in [0, 0.05) is 12.0 Å². The lowest BCUT2D eigenvalue weighted by Crippen LogP contribution is -2.04. The molecule has 7 nitrogen and oxygen atoms in total. The molecule has 8 heteroatoms. The smallest absolute Gasteiger partial charge is 0.180 e. The van der Waals surface area contributed by atoms with Gasteiger partial charge in [-0.1, -0.05) is 73.7 Å². The van der Waals surface area contributed by atoms with Crippen molar-refractivity contribution in [3.05, 3.63) is 71.8 Å². The number of benzene rings is 2. The van der Waals surface area contributed by atoms with Crippen LogP contribution in [0.3, 0.4) is 0 Å². The maximum absolute atomic E-state index is 4.96. The van der Waals surface area contributed by atoms with Crippen LogP contribution in [0.25, 0.3) is 28.6 Å². The molecule has 2 aromatic heterocycles. The molecule has 4 rings (SSSR count). The lowest BCUT2D eigenvalue weighted by molar-refractivity contribution is 0.670. The molecule has 1 N–H and O–H groups in total. The molecule has 0 amide bonds. The highest BCUT2D eigenvalue weighted by Crippen LogP contribution is 2.29. The molecular weight excluding hydrogens is 394 g/mol. The second-order valence-corrected chi connectivity index (χ2v) is 7.05. The zero-order valence-corrected chi connectivity index (χ0v) is 17.4. The number of nitrogens with zero attached hydrogens (tertiary/aromatic N) is 6. The summed E-state index contributed by atoms with van der Waals surface area (Å²) in [5.41, 5.74) is 4.26. The first-order valence-electron chi connectivity index (χ1n) is 9.75. The zero-order valence-electron chi connectivity index (χ0n) is 16.6. The summed E-state index contributed by atoms with van der Waals surface area (Å²) in [7, 11) is 0. The summed E-state index contributed by atoms with van der Waals surface area (Å²) in [6, 6.07) is 16.5. The molecule has 0 saturated carbocycles. The summed E-state index contributed by atoms with van der Waals surface area (Å²) in [5.74, 6) is 2.23. The van der Waals surface area contributed by atoms with Crippen molar-refractivity contribution in [2.45, 2.75) is 26.3 Å². The standard InChI is InChI=1S/C22H21N7S/c1-2-3-8-21-23-20(13-14-30)26-29(21)15-16-9-11-17(12-10-16)18-6-4-5-7-19(18)22-24-27-28-25-22/h3-12,14H,2,13,15H2,1H3,(H,24,25,27,28). The van der Waals surface area contributed by atoms with E-state index in [0.29, 0.717) is 18.8 Å². The average molecular weight is 416 g/mol. The van der Waals surface area contributed by atoms with Gasteiger partial charge < -0.3 is 0 Å². The predicted molar refractivity (Wildman–Crippen MR) is 121 cm³/mol. The van der Waals surface area contributed by atoms with Gasteiger partial charge in [-0.3, -0.25) is 0 Å². The molecule has 0 radical (unpaired) electrons. The van der Waals surface area contributed by atoms with Gasteiger partial charge in [-0.25, -0.2) is 14.8 Å². The molecule has 0 aliphatic rings. The highest BCUT2D eigenvalue weighted by Gasteiger charge is 2.11. The van der Waals surface area contributed by atoms with Crippen molar-refractivity contribution < 1.29 is 0 Å². The lowest BCUT2D eigenvalue weighted by Gasteiger charge is -2.09. The summed E-state index contributed by atoms with van der Waals surface area (Å²) < 4.78 is 1.92. The number of aromatic amines is 1. The maximum atomic E-state index is 4.96. The van der Waals surface area contributed by atoms with Gasteiger partial charge >= 0.3 is 0 Å². The third-order valence-electron chi connectivity index (χ3n) is 4.64. The molecule has 0 aliphatic carbocycles. The number of hydrogen-bond acceptors (Lipinski definition) is 6. The molecule has 0 bridgehead atoms. The van der Waals surface area contributed by atoms with Crippen molar-refractivity contribution in [1.82, 2.24) is 35.4 Å². The van der Waals surface area contributed by atoms with Gasteiger partial charge in [-0.05, 0) is 45.0 Å². The van der Waals surface area contributed by atoms with E-state index >= 15 is 0 Å². The number of thiocarbonyl (C=S) groups is 1. The van der Waals surface area contributed by atoms with Gasteiger partial charge in [0.2, 0.25) is 0 Å². The third-order valence-corrected chi connectivity index (χ3v) is 4.80. The topological polar surface area (TPSA) is 85.2 Å². The minimum Gasteiger partial charge on any atom is -0.242 e. The van der Waals surface area contributed by atoms with Crippen LogP contribution in [-0.2, 0) is 13.0 Å². The van der Waals surface area contributed by atoms with Crippen LogP contribution in [0.2, 0.25) is 0 Å². The fourth-order valence-corrected chi connectivity index (χ4v) is 3.35. The number of allylic oxidation sites excluding steroid dienone is 1. The Morgan fingerprint density at radius 2 is 1.87 bits per heavy atom. The van der Waals surface area contributed by atoms with E-state index in [2.05, 4.69) is 74.0 Å². The molecule has 0 aliphatic heterocycles. The van der Waals surface area contributed by atoms with Crippen LogP contribution in [-0.4, -0.2) is 40.8 Å². The predicted octanol–water partition coefficient (Wildman–Crippen LogP) is 4.14. The number of aromatic nitrogens is 7. The lowest BCUT2D eigenvalue weighted by atomic mass is 9.98. The van der Waals surface area contributed by atoms with Crippen molar-refractivity contribution in [3.63, 3.8) is 0 Å². The minimum absolute atomic E-state index is 0.585. The Kier molecular flexibility index (Phi) is 6.14. The molecule has 2 aromatic carbocycles. The summed E-state index contributed by atoms with van der Waals surface area (Å²) >= 11 is 4.96. The molecule has 30 heavy (non-hydrogen) atoms. The fraction of sp³-hybridized carbons (Fsp3) is 0.182. The molecule has 0 saturated heterocycles. The SMILES string of the molecule is CCC=Cc1nc(CC=S)nn1Cc1ccc(-c2ccccc2-c2nnn[nH]2)cc1. The molecule has 0 spiro atoms. The minimum atomic E-state index is 0.585. The first kappa shape index (κ1) is 19.8. The first-order chi connectivity index (χ1) is 14.8. The molecular formula is C22H21N7S. The Bertz CT molecular complexity index is 1140. The van der Waals surface area contributed by atoms with Crippen molar-refractivity contribution >= 4 is 23.7 Å². The molecule has 2 heterocycles. The van der Waals surface area contributed by atoms with E-state index in [4.69, 9.17) is 12.2 Å². The number of nitrogens with one attached hydrogen (secondary N) is 1. The Hall–Kier alpha value is -3.52. The van der Waals surface area contributed by atoms with Gasteiger partial charge in [0.25, 0.3) is 0 Å². The van der Waals surface area contributed by atoms with Crippen molar-refractivity contribution in [2.24, 2.45) is 0 Å². The molecule has 0 fully saturated rings. The van der Waals surface area contributed by atoms with Crippen molar-refractivity contribution in [2.75, 3.05) is 0 Å². The largest absolute Gasteiger partial charge is 0.242 e. The number of H-pyrrole nitrogens is 1. The number of tetrazole rings is 1. The summed E-state index contributed by atoms with van der Waals surface area (Å²) in [5, 5.41) is 20.5. The first-order valence-corrected chi connectivity index (χ1v) is 10.2. The van der Waals surface area contributed by atoms with Crippen LogP contribution in [0.4, 0.5) is 0 Å². The van der Waals surface area contributed by atoms with E-state index in [1.165, 1.54) is 0 Å². The van der Waals surface area contributed by atoms with Crippen LogP contribution < -0.4 is 0 Å². The van der Waals surface area contributed by atoms with Gasteiger partial charge in [-0.15, -0.1) is 5.10 Å². The monoisotopic (exact) mass is 415 g/mol. The van der Waals surface area contributed by atoms with E-state index in [1.807, 2.05) is 29.0 Å². The van der Waals surface area contributed by atoms with Crippen molar-refractivity contribution in [1.29, 1.82) is 0 Å². The second-order valence-electron chi connectivity index (χ2n) is 6.72. The van der Waals surface area contributed by atoms with Crippen LogP contribution in [0.1, 0.15) is 30.6 Å². The Balaban J connectivity index is 1.60. The number of hydrogen-bond donors (Lipinski definition) is 1. The van der Waals surface area contributed by atoms with E-state index in [9.17, 15) is 0 Å². The van der Waals surface area contributed by atoms with E-state index < -0.39 is 0 Å². The fourth-order valence-electron chi connectivity index (χ4n) is 3.20. The third kappa shape index (κ3) is 4.38. The van der Waals surface area contributed by atoms with Crippen LogP contribution in [0.15, 0.2) is 54.6 Å². The molecule has 150 valence electrons. The average Bonchev–Trinajstić information content (AvgIpc) is 3.44. The second kappa shape index (κ2) is 9.32. The molecule has 0 unspecified atom stereocenters. The van der Waals surface area contributed by atoms with Crippen LogP contribution in [0, 0.1) is 0 Å². The summed E-state index contributed by atoms with van der Waals surface area (Å²) in [6.45, 7) is 2.74. The normalized spacial score (nSPS) is 11.2. The molecule has 0 atom stereocenters. The summed E-state index contributed by atoms with van der Waals surface area (Å²) in [4.78, 5) is 4.58. The van der Waals surface area contributed by atoms with Gasteiger partial charge in [-0.2, -0.15) is 5.10 Å². The van der Waals surface area contributed by atoms with Crippen molar-refractivity contribution in [3.8, 4) is 22.5 Å². The zero-order chi connectivity index (χ0) is 20.8. The number of rotatable bonds is 8. The van der Waals surface area contributed by atoms with E-state index in [-0.39, 0.29) is 0 Å². The van der Waals surface area contributed by atoms with Crippen LogP contribution in [0.5, 0.6) is 0 Å². The summed E-state index contributed by atoms with van der Waals surface area (Å²) in [6.07, 6.45) is 5.63. The quantitative estimate of drug-likeness (QED) is 0.435. The molecule has 4 aromatic rings.